The molecule has 0 aromatic heterocycles. The molecule has 0 saturated carbocycles. The molecule has 5 nitrogen and oxygen atoms in total. The van der Waals surface area contributed by atoms with E-state index in [4.69, 9.17) is 23.2 Å². The molecule has 1 N–H and O–H groups in total. The Bertz CT molecular complexity index is 1330. The predicted octanol–water partition coefficient (Wildman–Crippen LogP) is 6.46. The first kappa shape index (κ1) is 25.9. The molecule has 0 bridgehead atoms. The monoisotopic (exact) mass is 530 g/mol. The Morgan fingerprint density at radius 2 is 1.62 bits per heavy atom. The van der Waals surface area contributed by atoms with Crippen molar-refractivity contribution in [1.29, 1.82) is 0 Å². The van der Waals surface area contributed by atoms with Crippen molar-refractivity contribution in [1.82, 2.24) is 0 Å². The van der Waals surface area contributed by atoms with Crippen LogP contribution in [0, 0.1) is 13.8 Å². The number of benzene rings is 3. The van der Waals surface area contributed by atoms with Gasteiger partial charge in [-0.15, -0.1) is 0 Å². The van der Waals surface area contributed by atoms with Crippen LogP contribution < -0.4 is 9.62 Å². The molecule has 3 aromatic carbocycles. The molecule has 11 heteroatoms. The summed E-state index contributed by atoms with van der Waals surface area (Å²) in [6.07, 6.45) is -4.65. The van der Waals surface area contributed by atoms with E-state index < -0.39 is 34.2 Å². The van der Waals surface area contributed by atoms with Crippen LogP contribution in [0.15, 0.2) is 65.6 Å². The van der Waals surface area contributed by atoms with Gasteiger partial charge in [0.05, 0.1) is 26.9 Å². The second-order valence-corrected chi connectivity index (χ2v) is 10.2. The van der Waals surface area contributed by atoms with Gasteiger partial charge in [-0.3, -0.25) is 9.10 Å². The van der Waals surface area contributed by atoms with Gasteiger partial charge in [-0.25, -0.2) is 8.42 Å². The van der Waals surface area contributed by atoms with Gasteiger partial charge < -0.3 is 5.32 Å². The Morgan fingerprint density at radius 1 is 0.971 bits per heavy atom. The largest absolute Gasteiger partial charge is 0.416 e. The number of rotatable bonds is 6. The highest BCUT2D eigenvalue weighted by atomic mass is 35.5. The fourth-order valence-electron chi connectivity index (χ4n) is 3.11. The van der Waals surface area contributed by atoms with Gasteiger partial charge in [0.2, 0.25) is 5.91 Å². The van der Waals surface area contributed by atoms with E-state index in [9.17, 15) is 26.4 Å². The van der Waals surface area contributed by atoms with Crippen LogP contribution in [0.1, 0.15) is 16.7 Å². The average molecular weight is 531 g/mol. The van der Waals surface area contributed by atoms with Gasteiger partial charge in [0.25, 0.3) is 10.0 Å². The van der Waals surface area contributed by atoms with Crippen molar-refractivity contribution in [2.24, 2.45) is 0 Å². The molecule has 3 rings (SSSR count). The summed E-state index contributed by atoms with van der Waals surface area (Å²) >= 11 is 12.0. The van der Waals surface area contributed by atoms with Crippen LogP contribution in [0.4, 0.5) is 24.5 Å². The first-order valence-electron chi connectivity index (χ1n) is 9.81. The third-order valence-corrected chi connectivity index (χ3v) is 7.24. The number of amides is 1. The van der Waals surface area contributed by atoms with Crippen molar-refractivity contribution in [3.8, 4) is 0 Å². The van der Waals surface area contributed by atoms with E-state index in [-0.39, 0.29) is 26.3 Å². The maximum Gasteiger partial charge on any atom is 0.416 e. The maximum absolute atomic E-state index is 13.5. The van der Waals surface area contributed by atoms with E-state index in [0.717, 1.165) is 22.0 Å². The molecule has 0 aliphatic heterocycles. The van der Waals surface area contributed by atoms with Gasteiger partial charge in [-0.1, -0.05) is 47.0 Å². The van der Waals surface area contributed by atoms with Crippen LogP contribution in [-0.4, -0.2) is 20.9 Å². The molecule has 0 saturated heterocycles. The lowest BCUT2D eigenvalue weighted by Gasteiger charge is -2.26. The van der Waals surface area contributed by atoms with Crippen molar-refractivity contribution in [3.05, 3.63) is 87.4 Å². The van der Waals surface area contributed by atoms with Crippen LogP contribution in [0.3, 0.4) is 0 Å². The quantitative estimate of drug-likeness (QED) is 0.397. The topological polar surface area (TPSA) is 66.5 Å². The number of aryl methyl sites for hydroxylation is 2. The second-order valence-electron chi connectivity index (χ2n) is 7.50. The highest BCUT2D eigenvalue weighted by molar-refractivity contribution is 7.92. The van der Waals surface area contributed by atoms with Gasteiger partial charge in [-0.2, -0.15) is 13.2 Å². The Morgan fingerprint density at radius 3 is 2.24 bits per heavy atom. The number of alkyl halides is 3. The number of hydrogen-bond acceptors (Lipinski definition) is 3. The molecule has 1 amide bonds. The SMILES string of the molecule is Cc1ccc(S(=O)(=O)N(CC(=O)Nc2cc(C(F)(F)F)ccc2Cl)c2cc(Cl)ccc2C)cc1. The minimum Gasteiger partial charge on any atom is -0.323 e. The van der Waals surface area contributed by atoms with Crippen molar-refractivity contribution < 1.29 is 26.4 Å². The van der Waals surface area contributed by atoms with Crippen LogP contribution in [0.25, 0.3) is 0 Å². The number of sulfonamides is 1. The lowest BCUT2D eigenvalue weighted by molar-refractivity contribution is -0.137. The summed E-state index contributed by atoms with van der Waals surface area (Å²) in [5.74, 6) is -0.892. The normalized spacial score (nSPS) is 11.9. The first-order chi connectivity index (χ1) is 15.8. The third kappa shape index (κ3) is 5.84. The van der Waals surface area contributed by atoms with E-state index in [1.807, 2.05) is 0 Å². The van der Waals surface area contributed by atoms with E-state index in [1.54, 1.807) is 38.1 Å². The number of nitrogens with zero attached hydrogens (tertiary/aromatic N) is 1. The summed E-state index contributed by atoms with van der Waals surface area (Å²) in [6.45, 7) is 2.70. The van der Waals surface area contributed by atoms with Crippen LogP contribution in [-0.2, 0) is 21.0 Å². The van der Waals surface area contributed by atoms with E-state index in [1.165, 1.54) is 18.2 Å². The van der Waals surface area contributed by atoms with Crippen LogP contribution in [0.2, 0.25) is 10.0 Å². The molecule has 0 atom stereocenters. The maximum atomic E-state index is 13.5. The predicted molar refractivity (Wildman–Crippen MR) is 127 cm³/mol. The van der Waals surface area contributed by atoms with Crippen LogP contribution >= 0.6 is 23.2 Å². The van der Waals surface area contributed by atoms with E-state index in [0.29, 0.717) is 11.6 Å². The Labute approximate surface area is 205 Å². The summed E-state index contributed by atoms with van der Waals surface area (Å²) < 4.78 is 67.0. The van der Waals surface area contributed by atoms with Gasteiger partial charge in [0.15, 0.2) is 0 Å². The van der Waals surface area contributed by atoms with E-state index in [2.05, 4.69) is 5.32 Å². The zero-order valence-corrected chi connectivity index (χ0v) is 20.3. The molecular formula is C23H19Cl2F3N2O3S. The Kier molecular flexibility index (Phi) is 7.50. The molecule has 3 aromatic rings. The Hall–Kier alpha value is -2.75. The summed E-state index contributed by atoms with van der Waals surface area (Å²) in [7, 11) is -4.24. The van der Waals surface area contributed by atoms with Gasteiger partial charge in [0.1, 0.15) is 6.54 Å². The molecule has 0 aliphatic carbocycles. The lowest BCUT2D eigenvalue weighted by atomic mass is 10.2. The minimum absolute atomic E-state index is 0.0672. The molecule has 180 valence electrons. The van der Waals surface area contributed by atoms with Gasteiger partial charge >= 0.3 is 6.18 Å². The standard InChI is InChI=1S/C23H19Cl2F3N2O3S/c1-14-3-8-18(9-4-14)34(32,33)30(21-12-17(24)7-5-15(21)2)13-22(31)29-20-11-16(23(26,27)28)6-10-19(20)25/h3-12H,13H2,1-2H3,(H,29,31). The number of halogens is 5. The van der Waals surface area contributed by atoms with Crippen molar-refractivity contribution in [3.63, 3.8) is 0 Å². The molecule has 0 unspecified atom stereocenters. The van der Waals surface area contributed by atoms with Crippen LogP contribution in [0.5, 0.6) is 0 Å². The number of hydrogen-bond donors (Lipinski definition) is 1. The van der Waals surface area contributed by atoms with Gasteiger partial charge in [-0.05, 0) is 61.9 Å². The number of anilines is 2. The molecule has 0 fully saturated rings. The average Bonchev–Trinajstić information content (AvgIpc) is 2.75. The summed E-state index contributed by atoms with van der Waals surface area (Å²) in [4.78, 5) is 12.8. The third-order valence-electron chi connectivity index (χ3n) is 4.90. The summed E-state index contributed by atoms with van der Waals surface area (Å²) in [5, 5.41) is 2.39. The first-order valence-corrected chi connectivity index (χ1v) is 12.0. The Balaban J connectivity index is 2.01. The number of nitrogens with one attached hydrogen (secondary N) is 1. The lowest BCUT2D eigenvalue weighted by Crippen LogP contribution is -2.38. The molecule has 34 heavy (non-hydrogen) atoms. The molecule has 0 aliphatic rings. The van der Waals surface area contributed by atoms with E-state index >= 15 is 0 Å². The minimum atomic E-state index is -4.65. The second kappa shape index (κ2) is 9.85. The number of carbonyl (C=O) groups is 1. The van der Waals surface area contributed by atoms with Crippen molar-refractivity contribution in [2.45, 2.75) is 24.9 Å². The molecule has 0 radical (unpaired) electrons. The summed E-state index contributed by atoms with van der Waals surface area (Å²) in [5.41, 5.74) is 0.198. The zero-order valence-electron chi connectivity index (χ0n) is 18.0. The fraction of sp³-hybridized carbons (Fsp3) is 0.174. The summed E-state index contributed by atoms with van der Waals surface area (Å²) in [6, 6.07) is 13.0. The van der Waals surface area contributed by atoms with Crippen molar-refractivity contribution >= 4 is 50.5 Å². The smallest absolute Gasteiger partial charge is 0.323 e. The fourth-order valence-corrected chi connectivity index (χ4v) is 4.91. The number of carbonyl (C=O) groups excluding carboxylic acids is 1. The zero-order chi connectivity index (χ0) is 25.3. The van der Waals surface area contributed by atoms with Crippen molar-refractivity contribution in [2.75, 3.05) is 16.2 Å². The highest BCUT2D eigenvalue weighted by Gasteiger charge is 2.32. The molecular weight excluding hydrogens is 512 g/mol. The molecule has 0 heterocycles. The highest BCUT2D eigenvalue weighted by Crippen LogP contribution is 2.34. The molecule has 0 spiro atoms. The van der Waals surface area contributed by atoms with Gasteiger partial charge in [0, 0.05) is 5.02 Å².